The number of nitrogens with zero attached hydrogens (tertiary/aromatic N) is 3. The van der Waals surface area contributed by atoms with Crippen LogP contribution in [0.2, 0.25) is 5.02 Å². The van der Waals surface area contributed by atoms with Gasteiger partial charge in [0.05, 0.1) is 9.82 Å². The summed E-state index contributed by atoms with van der Waals surface area (Å²) in [4.78, 5) is 14.5. The van der Waals surface area contributed by atoms with E-state index in [2.05, 4.69) is 14.9 Å². The molecule has 0 amide bonds. The van der Waals surface area contributed by atoms with E-state index in [-0.39, 0.29) is 35.3 Å². The highest BCUT2D eigenvalue weighted by Crippen LogP contribution is 2.21. The molecule has 0 atom stereocenters. The maximum atomic E-state index is 12.2. The average molecular weight is 409 g/mol. The summed E-state index contributed by atoms with van der Waals surface area (Å²) in [5, 5.41) is 15.0. The Morgan fingerprint density at radius 3 is 2.63 bits per heavy atom. The van der Waals surface area contributed by atoms with Crippen molar-refractivity contribution in [2.24, 2.45) is 0 Å². The molecule has 3 aromatic rings. The molecule has 0 aliphatic rings. The van der Waals surface area contributed by atoms with E-state index in [1.807, 2.05) is 0 Å². The quantitative estimate of drug-likeness (QED) is 0.470. The van der Waals surface area contributed by atoms with E-state index in [1.165, 1.54) is 42.5 Å². The van der Waals surface area contributed by atoms with Gasteiger partial charge in [-0.1, -0.05) is 28.9 Å². The summed E-state index contributed by atoms with van der Waals surface area (Å²) in [6, 6.07) is 11.6. The topological polar surface area (TPSA) is 128 Å². The number of nitro benzene ring substituents is 1. The summed E-state index contributed by atoms with van der Waals surface area (Å²) >= 11 is 5.75. The van der Waals surface area contributed by atoms with Gasteiger partial charge in [0.1, 0.15) is 0 Å². The molecule has 1 N–H and O–H groups in total. The highest BCUT2D eigenvalue weighted by Gasteiger charge is 2.15. The lowest BCUT2D eigenvalue weighted by atomic mass is 10.2. The van der Waals surface area contributed by atoms with Crippen LogP contribution in [0.25, 0.3) is 11.4 Å². The fraction of sp³-hybridized carbons (Fsp3) is 0.125. The minimum absolute atomic E-state index is 0.0432. The first-order valence-corrected chi connectivity index (χ1v) is 9.54. The van der Waals surface area contributed by atoms with Crippen LogP contribution in [0.1, 0.15) is 5.89 Å². The van der Waals surface area contributed by atoms with Crippen molar-refractivity contribution < 1.29 is 17.9 Å². The van der Waals surface area contributed by atoms with Gasteiger partial charge in [-0.05, 0) is 24.3 Å². The van der Waals surface area contributed by atoms with Gasteiger partial charge in [-0.25, -0.2) is 13.1 Å². The largest absolute Gasteiger partial charge is 0.339 e. The number of benzene rings is 2. The predicted octanol–water partition coefficient (Wildman–Crippen LogP) is 2.82. The number of nitro groups is 1. The van der Waals surface area contributed by atoms with Gasteiger partial charge in [0.2, 0.25) is 21.7 Å². The van der Waals surface area contributed by atoms with Crippen LogP contribution in [0.5, 0.6) is 0 Å². The minimum Gasteiger partial charge on any atom is -0.339 e. The Balaban J connectivity index is 1.64. The van der Waals surface area contributed by atoms with E-state index < -0.39 is 14.9 Å². The Labute approximate surface area is 159 Å². The first-order chi connectivity index (χ1) is 12.8. The second-order valence-electron chi connectivity index (χ2n) is 5.42. The molecule has 27 heavy (non-hydrogen) atoms. The zero-order valence-corrected chi connectivity index (χ0v) is 15.3. The predicted molar refractivity (Wildman–Crippen MR) is 96.7 cm³/mol. The third kappa shape index (κ3) is 4.67. The molecule has 11 heteroatoms. The fourth-order valence-electron chi connectivity index (χ4n) is 2.22. The molecule has 0 aliphatic carbocycles. The van der Waals surface area contributed by atoms with Gasteiger partial charge in [-0.3, -0.25) is 10.1 Å². The first-order valence-electron chi connectivity index (χ1n) is 7.68. The van der Waals surface area contributed by atoms with Crippen molar-refractivity contribution in [3.63, 3.8) is 0 Å². The van der Waals surface area contributed by atoms with Crippen LogP contribution in [0.3, 0.4) is 0 Å². The van der Waals surface area contributed by atoms with Crippen LogP contribution < -0.4 is 4.72 Å². The summed E-state index contributed by atoms with van der Waals surface area (Å²) in [5.41, 5.74) is 0.343. The van der Waals surface area contributed by atoms with Crippen molar-refractivity contribution in [1.82, 2.24) is 14.9 Å². The number of hydrogen-bond donors (Lipinski definition) is 1. The van der Waals surface area contributed by atoms with Gasteiger partial charge in [0.25, 0.3) is 5.69 Å². The SMILES string of the molecule is O=[N+]([O-])c1cccc(-c2noc(CCNS(=O)(=O)c3ccc(Cl)cc3)n2)c1. The molecule has 9 nitrogen and oxygen atoms in total. The summed E-state index contributed by atoms with van der Waals surface area (Å²) in [6.45, 7) is 0.0432. The Morgan fingerprint density at radius 1 is 1.19 bits per heavy atom. The molecule has 3 rings (SSSR count). The normalized spacial score (nSPS) is 11.4. The van der Waals surface area contributed by atoms with E-state index in [0.717, 1.165) is 0 Å². The third-order valence-corrected chi connectivity index (χ3v) is 5.27. The van der Waals surface area contributed by atoms with Crippen LogP contribution in [-0.4, -0.2) is 30.0 Å². The van der Waals surface area contributed by atoms with Crippen LogP contribution in [-0.2, 0) is 16.4 Å². The number of aromatic nitrogens is 2. The highest BCUT2D eigenvalue weighted by molar-refractivity contribution is 7.89. The van der Waals surface area contributed by atoms with Crippen molar-refractivity contribution in [2.75, 3.05) is 6.54 Å². The lowest BCUT2D eigenvalue weighted by molar-refractivity contribution is -0.384. The summed E-state index contributed by atoms with van der Waals surface area (Å²) in [7, 11) is -3.68. The summed E-state index contributed by atoms with van der Waals surface area (Å²) < 4.78 is 31.9. The van der Waals surface area contributed by atoms with Gasteiger partial charge in [0, 0.05) is 35.7 Å². The molecule has 0 radical (unpaired) electrons. The third-order valence-electron chi connectivity index (χ3n) is 3.54. The van der Waals surface area contributed by atoms with Gasteiger partial charge >= 0.3 is 0 Å². The van der Waals surface area contributed by atoms with Crippen LogP contribution >= 0.6 is 11.6 Å². The van der Waals surface area contributed by atoms with E-state index in [0.29, 0.717) is 10.6 Å². The van der Waals surface area contributed by atoms with Crippen LogP contribution in [0.15, 0.2) is 57.9 Å². The highest BCUT2D eigenvalue weighted by atomic mass is 35.5. The number of sulfonamides is 1. The van der Waals surface area contributed by atoms with E-state index >= 15 is 0 Å². The number of hydrogen-bond acceptors (Lipinski definition) is 7. The molecule has 2 aromatic carbocycles. The molecule has 1 aromatic heterocycles. The Kier molecular flexibility index (Phi) is 5.49. The van der Waals surface area contributed by atoms with Crippen molar-refractivity contribution in [1.29, 1.82) is 0 Å². The number of rotatable bonds is 7. The maximum Gasteiger partial charge on any atom is 0.270 e. The van der Waals surface area contributed by atoms with E-state index in [4.69, 9.17) is 16.1 Å². The Morgan fingerprint density at radius 2 is 1.93 bits per heavy atom. The summed E-state index contributed by atoms with van der Waals surface area (Å²) in [5.74, 6) is 0.393. The average Bonchev–Trinajstić information content (AvgIpc) is 3.11. The smallest absolute Gasteiger partial charge is 0.270 e. The van der Waals surface area contributed by atoms with Gasteiger partial charge < -0.3 is 4.52 Å². The second-order valence-corrected chi connectivity index (χ2v) is 7.62. The van der Waals surface area contributed by atoms with E-state index in [1.54, 1.807) is 6.07 Å². The second kappa shape index (κ2) is 7.82. The fourth-order valence-corrected chi connectivity index (χ4v) is 3.38. The van der Waals surface area contributed by atoms with Gasteiger partial charge in [0.15, 0.2) is 0 Å². The number of non-ortho nitro benzene ring substituents is 1. The molecule has 0 unspecified atom stereocenters. The standard InChI is InChI=1S/C16H13ClN4O5S/c17-12-4-6-14(7-5-12)27(24,25)18-9-8-15-19-16(20-26-15)11-2-1-3-13(10-11)21(22)23/h1-7,10,18H,8-9H2. The Hall–Kier alpha value is -2.82. The first kappa shape index (κ1) is 19.0. The van der Waals surface area contributed by atoms with Crippen molar-refractivity contribution in [3.8, 4) is 11.4 Å². The molecule has 1 heterocycles. The van der Waals surface area contributed by atoms with Gasteiger partial charge in [-0.2, -0.15) is 4.98 Å². The number of halogens is 1. The molecule has 0 bridgehead atoms. The molecule has 0 aliphatic heterocycles. The molecule has 140 valence electrons. The maximum absolute atomic E-state index is 12.2. The lowest BCUT2D eigenvalue weighted by Gasteiger charge is -2.05. The molecule has 0 spiro atoms. The molecular formula is C16H13ClN4O5S. The molecule has 0 saturated heterocycles. The lowest BCUT2D eigenvalue weighted by Crippen LogP contribution is -2.26. The van der Waals surface area contributed by atoms with Crippen molar-refractivity contribution >= 4 is 27.3 Å². The number of nitrogens with one attached hydrogen (secondary N) is 1. The van der Waals surface area contributed by atoms with E-state index in [9.17, 15) is 18.5 Å². The monoisotopic (exact) mass is 408 g/mol. The molecule has 0 fully saturated rings. The van der Waals surface area contributed by atoms with Crippen molar-refractivity contribution in [3.05, 3.63) is 69.6 Å². The van der Waals surface area contributed by atoms with Crippen molar-refractivity contribution in [2.45, 2.75) is 11.3 Å². The van der Waals surface area contributed by atoms with Crippen LogP contribution in [0.4, 0.5) is 5.69 Å². The zero-order valence-electron chi connectivity index (χ0n) is 13.7. The minimum atomic E-state index is -3.68. The van der Waals surface area contributed by atoms with Crippen LogP contribution in [0, 0.1) is 10.1 Å². The summed E-state index contributed by atoms with van der Waals surface area (Å²) in [6.07, 6.45) is 0.161. The Bertz CT molecular complexity index is 1070. The zero-order chi connectivity index (χ0) is 19.4. The molecule has 0 saturated carbocycles. The van der Waals surface area contributed by atoms with Gasteiger partial charge in [-0.15, -0.1) is 0 Å². The molecular weight excluding hydrogens is 396 g/mol.